The van der Waals surface area contributed by atoms with Gasteiger partial charge in [0, 0.05) is 23.1 Å². The maximum Gasteiger partial charge on any atom is 0.338 e. The number of carbonyl (C=O) groups excluding carboxylic acids is 2. The molecule has 1 aromatic heterocycles. The van der Waals surface area contributed by atoms with Crippen LogP contribution in [0.15, 0.2) is 48.5 Å². The van der Waals surface area contributed by atoms with Crippen molar-refractivity contribution in [3.8, 4) is 5.75 Å². The maximum atomic E-state index is 12.4. The van der Waals surface area contributed by atoms with Gasteiger partial charge in [0.25, 0.3) is 0 Å². The molecule has 0 saturated carbocycles. The van der Waals surface area contributed by atoms with Crippen LogP contribution >= 0.6 is 0 Å². The average Bonchev–Trinajstić information content (AvgIpc) is 3.15. The second-order valence-corrected chi connectivity index (χ2v) is 8.24. The summed E-state index contributed by atoms with van der Waals surface area (Å²) in [7, 11) is 0. The number of rotatable bonds is 9. The molecular formula is C27H31NO5. The molecule has 0 aliphatic heterocycles. The summed E-state index contributed by atoms with van der Waals surface area (Å²) in [6.07, 6.45) is 3.06. The Morgan fingerprint density at radius 3 is 2.58 bits per heavy atom. The molecule has 1 heterocycles. The number of nitrogens with zero attached hydrogens (tertiary/aromatic N) is 1. The van der Waals surface area contributed by atoms with Gasteiger partial charge in [-0.25, -0.2) is 4.79 Å². The van der Waals surface area contributed by atoms with Crippen LogP contribution in [0.2, 0.25) is 0 Å². The van der Waals surface area contributed by atoms with Crippen LogP contribution in [0, 0.1) is 5.92 Å². The quantitative estimate of drug-likeness (QED) is 0.341. The summed E-state index contributed by atoms with van der Waals surface area (Å²) in [5, 5.41) is 1.02. The SMILES string of the molecule is CCOC(=O)c1ccc2c(c1)c1c(n2CCCOc2ccccc2)CCC(C(=O)OCC)C1. The van der Waals surface area contributed by atoms with Gasteiger partial charge < -0.3 is 18.8 Å². The summed E-state index contributed by atoms with van der Waals surface area (Å²) in [5.74, 6) is 0.259. The highest BCUT2D eigenvalue weighted by atomic mass is 16.5. The number of hydrogen-bond donors (Lipinski definition) is 0. The highest BCUT2D eigenvalue weighted by Crippen LogP contribution is 2.36. The third-order valence-corrected chi connectivity index (χ3v) is 6.14. The van der Waals surface area contributed by atoms with E-state index in [1.165, 1.54) is 5.69 Å². The monoisotopic (exact) mass is 449 g/mol. The van der Waals surface area contributed by atoms with Gasteiger partial charge in [-0.15, -0.1) is 0 Å². The van der Waals surface area contributed by atoms with Crippen LogP contribution in [-0.4, -0.2) is 36.3 Å². The number of fused-ring (bicyclic) bond motifs is 3. The van der Waals surface area contributed by atoms with Crippen molar-refractivity contribution in [2.24, 2.45) is 5.92 Å². The van der Waals surface area contributed by atoms with E-state index in [4.69, 9.17) is 14.2 Å². The molecule has 6 heteroatoms. The molecule has 0 spiro atoms. The van der Waals surface area contributed by atoms with Gasteiger partial charge in [-0.3, -0.25) is 4.79 Å². The molecular weight excluding hydrogens is 418 g/mol. The second kappa shape index (κ2) is 10.6. The fourth-order valence-electron chi connectivity index (χ4n) is 4.64. The van der Waals surface area contributed by atoms with Crippen molar-refractivity contribution in [1.29, 1.82) is 0 Å². The molecule has 1 atom stereocenters. The average molecular weight is 450 g/mol. The van der Waals surface area contributed by atoms with E-state index in [9.17, 15) is 9.59 Å². The minimum atomic E-state index is -0.324. The van der Waals surface area contributed by atoms with Gasteiger partial charge in [-0.2, -0.15) is 0 Å². The Morgan fingerprint density at radius 1 is 1.03 bits per heavy atom. The van der Waals surface area contributed by atoms with Gasteiger partial charge in [0.1, 0.15) is 5.75 Å². The molecule has 3 aromatic rings. The van der Waals surface area contributed by atoms with E-state index in [0.29, 0.717) is 31.8 Å². The van der Waals surface area contributed by atoms with E-state index in [0.717, 1.165) is 48.0 Å². The fourth-order valence-corrected chi connectivity index (χ4v) is 4.64. The van der Waals surface area contributed by atoms with Crippen molar-refractivity contribution < 1.29 is 23.8 Å². The molecule has 1 unspecified atom stereocenters. The number of carbonyl (C=O) groups is 2. The minimum absolute atomic E-state index is 0.137. The van der Waals surface area contributed by atoms with Gasteiger partial charge in [0.05, 0.1) is 31.3 Å². The summed E-state index contributed by atoms with van der Waals surface area (Å²) in [6, 6.07) is 15.6. The van der Waals surface area contributed by atoms with Crippen molar-refractivity contribution in [2.45, 2.75) is 46.1 Å². The molecule has 0 amide bonds. The lowest BCUT2D eigenvalue weighted by Gasteiger charge is -2.22. The topological polar surface area (TPSA) is 66.8 Å². The van der Waals surface area contributed by atoms with E-state index in [1.807, 2.05) is 55.5 Å². The smallest absolute Gasteiger partial charge is 0.338 e. The maximum absolute atomic E-state index is 12.4. The zero-order chi connectivity index (χ0) is 23.2. The minimum Gasteiger partial charge on any atom is -0.494 e. The molecule has 0 N–H and O–H groups in total. The normalized spacial score (nSPS) is 15.2. The molecule has 0 saturated heterocycles. The molecule has 174 valence electrons. The van der Waals surface area contributed by atoms with Crippen molar-refractivity contribution in [1.82, 2.24) is 4.57 Å². The molecule has 4 rings (SSSR count). The lowest BCUT2D eigenvalue weighted by atomic mass is 9.86. The van der Waals surface area contributed by atoms with Gasteiger partial charge in [0.2, 0.25) is 0 Å². The predicted molar refractivity (Wildman–Crippen MR) is 127 cm³/mol. The first kappa shape index (κ1) is 22.9. The van der Waals surface area contributed by atoms with Crippen LogP contribution in [0.3, 0.4) is 0 Å². The lowest BCUT2D eigenvalue weighted by molar-refractivity contribution is -0.148. The zero-order valence-electron chi connectivity index (χ0n) is 19.3. The van der Waals surface area contributed by atoms with Gasteiger partial charge in [-0.05, 0) is 75.4 Å². The lowest BCUT2D eigenvalue weighted by Crippen LogP contribution is -2.25. The molecule has 0 fully saturated rings. The number of aryl methyl sites for hydroxylation is 1. The summed E-state index contributed by atoms with van der Waals surface area (Å²) >= 11 is 0. The van der Waals surface area contributed by atoms with Crippen molar-refractivity contribution in [3.05, 3.63) is 65.4 Å². The van der Waals surface area contributed by atoms with Crippen LogP contribution in [0.1, 0.15) is 48.3 Å². The third kappa shape index (κ3) is 5.05. The Balaban J connectivity index is 1.60. The first-order valence-electron chi connectivity index (χ1n) is 11.8. The predicted octanol–water partition coefficient (Wildman–Crippen LogP) is 4.96. The van der Waals surface area contributed by atoms with Crippen molar-refractivity contribution in [3.63, 3.8) is 0 Å². The van der Waals surface area contributed by atoms with E-state index in [2.05, 4.69) is 4.57 Å². The van der Waals surface area contributed by atoms with E-state index in [1.54, 1.807) is 6.92 Å². The molecule has 2 aromatic carbocycles. The Morgan fingerprint density at radius 2 is 1.82 bits per heavy atom. The van der Waals surface area contributed by atoms with E-state index >= 15 is 0 Å². The van der Waals surface area contributed by atoms with E-state index < -0.39 is 0 Å². The Bertz CT molecular complexity index is 1120. The standard InChI is InChI=1S/C27H31NO5/c1-3-31-26(29)19-11-13-24-22(17-19)23-18-20(27(30)32-4-2)12-14-25(23)28(24)15-8-16-33-21-9-6-5-7-10-21/h5-7,9-11,13,17,20H,3-4,8,12,14-16,18H2,1-2H3. The highest BCUT2D eigenvalue weighted by Gasteiger charge is 2.30. The number of benzene rings is 2. The summed E-state index contributed by atoms with van der Waals surface area (Å²) in [6.45, 7) is 5.78. The van der Waals surface area contributed by atoms with Crippen LogP contribution in [0.5, 0.6) is 5.75 Å². The first-order chi connectivity index (χ1) is 16.1. The number of esters is 2. The second-order valence-electron chi connectivity index (χ2n) is 8.24. The number of hydrogen-bond acceptors (Lipinski definition) is 5. The Kier molecular flexibility index (Phi) is 7.33. The fraction of sp³-hybridized carbons (Fsp3) is 0.407. The number of ether oxygens (including phenoxy) is 3. The van der Waals surface area contributed by atoms with Gasteiger partial charge >= 0.3 is 11.9 Å². The van der Waals surface area contributed by atoms with Gasteiger partial charge in [0.15, 0.2) is 0 Å². The molecule has 1 aliphatic rings. The molecule has 0 radical (unpaired) electrons. The van der Waals surface area contributed by atoms with E-state index in [-0.39, 0.29) is 17.9 Å². The highest BCUT2D eigenvalue weighted by molar-refractivity contribution is 5.96. The summed E-state index contributed by atoms with van der Waals surface area (Å²) < 4.78 is 18.7. The van der Waals surface area contributed by atoms with Crippen LogP contribution in [-0.2, 0) is 33.7 Å². The van der Waals surface area contributed by atoms with Crippen LogP contribution in [0.4, 0.5) is 0 Å². The Labute approximate surface area is 194 Å². The largest absolute Gasteiger partial charge is 0.494 e. The molecule has 6 nitrogen and oxygen atoms in total. The zero-order valence-corrected chi connectivity index (χ0v) is 19.3. The van der Waals surface area contributed by atoms with Crippen molar-refractivity contribution in [2.75, 3.05) is 19.8 Å². The Hall–Kier alpha value is -3.28. The molecule has 0 bridgehead atoms. The third-order valence-electron chi connectivity index (χ3n) is 6.14. The summed E-state index contributed by atoms with van der Waals surface area (Å²) in [5.41, 5.74) is 4.00. The number of aromatic nitrogens is 1. The van der Waals surface area contributed by atoms with Crippen LogP contribution < -0.4 is 4.74 Å². The molecule has 1 aliphatic carbocycles. The summed E-state index contributed by atoms with van der Waals surface area (Å²) in [4.78, 5) is 24.8. The van der Waals surface area contributed by atoms with Gasteiger partial charge in [-0.1, -0.05) is 18.2 Å². The first-order valence-corrected chi connectivity index (χ1v) is 11.8. The molecule has 33 heavy (non-hydrogen) atoms. The van der Waals surface area contributed by atoms with Crippen LogP contribution in [0.25, 0.3) is 10.9 Å². The number of para-hydroxylation sites is 1. The van der Waals surface area contributed by atoms with Crippen molar-refractivity contribution >= 4 is 22.8 Å².